The lowest BCUT2D eigenvalue weighted by atomic mass is 10.00. The van der Waals surface area contributed by atoms with E-state index < -0.39 is 0 Å². The molecule has 4 heterocycles. The standard InChI is InChI=1S/C23H30N6O2/c1-3-17-4-6-19-21(27-22(17)30)12-16(13-25-19)15-28-8-10-29(11-9-28)18-5-7-20(26-14-18)23(31)24-2/h5,7,12-14,17H,3-4,6,8-11,15H2,1-2H3,(H,24,31)(H,27,30)/t17-/m1/s1. The van der Waals surface area contributed by atoms with Crippen LogP contribution in [-0.2, 0) is 17.8 Å². The van der Waals surface area contributed by atoms with Gasteiger partial charge in [0.05, 0.1) is 23.3 Å². The van der Waals surface area contributed by atoms with Gasteiger partial charge in [-0.05, 0) is 43.0 Å². The van der Waals surface area contributed by atoms with E-state index in [9.17, 15) is 9.59 Å². The number of nitrogens with zero attached hydrogens (tertiary/aromatic N) is 4. The topological polar surface area (TPSA) is 90.5 Å². The van der Waals surface area contributed by atoms with Crippen molar-refractivity contribution in [1.82, 2.24) is 20.2 Å². The fourth-order valence-corrected chi connectivity index (χ4v) is 4.25. The van der Waals surface area contributed by atoms with Gasteiger partial charge in [0.2, 0.25) is 5.91 Å². The number of nitrogens with one attached hydrogen (secondary N) is 2. The van der Waals surface area contributed by atoms with E-state index in [2.05, 4.69) is 43.4 Å². The summed E-state index contributed by atoms with van der Waals surface area (Å²) >= 11 is 0. The highest BCUT2D eigenvalue weighted by Crippen LogP contribution is 2.26. The number of rotatable bonds is 5. The van der Waals surface area contributed by atoms with Crippen molar-refractivity contribution in [3.63, 3.8) is 0 Å². The summed E-state index contributed by atoms with van der Waals surface area (Å²) in [6.07, 6.45) is 6.29. The van der Waals surface area contributed by atoms with Crippen LogP contribution < -0.4 is 15.5 Å². The van der Waals surface area contributed by atoms with E-state index in [0.717, 1.165) is 74.6 Å². The average Bonchev–Trinajstić information content (AvgIpc) is 2.96. The van der Waals surface area contributed by atoms with E-state index in [1.165, 1.54) is 0 Å². The number of aromatic nitrogens is 2. The lowest BCUT2D eigenvalue weighted by Crippen LogP contribution is -2.46. The first-order chi connectivity index (χ1) is 15.1. The number of carbonyl (C=O) groups is 2. The highest BCUT2D eigenvalue weighted by atomic mass is 16.2. The molecule has 2 aromatic rings. The molecule has 8 nitrogen and oxygen atoms in total. The lowest BCUT2D eigenvalue weighted by molar-refractivity contribution is -0.120. The molecule has 0 bridgehead atoms. The van der Waals surface area contributed by atoms with Crippen LogP contribution in [-0.4, -0.2) is 59.9 Å². The summed E-state index contributed by atoms with van der Waals surface area (Å²) in [6.45, 7) is 6.53. The molecule has 0 spiro atoms. The number of amides is 2. The molecule has 2 N–H and O–H groups in total. The van der Waals surface area contributed by atoms with Crippen molar-refractivity contribution in [1.29, 1.82) is 0 Å². The molecular formula is C23H30N6O2. The van der Waals surface area contributed by atoms with Gasteiger partial charge in [0.25, 0.3) is 5.91 Å². The Morgan fingerprint density at radius 1 is 1.19 bits per heavy atom. The van der Waals surface area contributed by atoms with Crippen molar-refractivity contribution in [3.05, 3.63) is 47.5 Å². The summed E-state index contributed by atoms with van der Waals surface area (Å²) in [7, 11) is 1.60. The van der Waals surface area contributed by atoms with Gasteiger partial charge in [-0.15, -0.1) is 0 Å². The first-order valence-electron chi connectivity index (χ1n) is 11.0. The molecule has 8 heteroatoms. The van der Waals surface area contributed by atoms with E-state index in [1.54, 1.807) is 19.3 Å². The maximum absolute atomic E-state index is 12.4. The van der Waals surface area contributed by atoms with Crippen LogP contribution in [0, 0.1) is 5.92 Å². The van der Waals surface area contributed by atoms with Crippen molar-refractivity contribution in [3.8, 4) is 0 Å². The minimum Gasteiger partial charge on any atom is -0.368 e. The van der Waals surface area contributed by atoms with Crippen LogP contribution >= 0.6 is 0 Å². The molecule has 2 aliphatic rings. The van der Waals surface area contributed by atoms with Crippen molar-refractivity contribution in [2.75, 3.05) is 43.4 Å². The Hall–Kier alpha value is -3.00. The van der Waals surface area contributed by atoms with Crippen molar-refractivity contribution in [2.45, 2.75) is 32.7 Å². The minimum atomic E-state index is -0.174. The highest BCUT2D eigenvalue weighted by Gasteiger charge is 2.24. The van der Waals surface area contributed by atoms with E-state index >= 15 is 0 Å². The molecule has 1 atom stereocenters. The summed E-state index contributed by atoms with van der Waals surface area (Å²) < 4.78 is 0. The third-order valence-electron chi connectivity index (χ3n) is 6.23. The van der Waals surface area contributed by atoms with Crippen LogP contribution in [0.1, 0.15) is 41.5 Å². The maximum Gasteiger partial charge on any atom is 0.269 e. The van der Waals surface area contributed by atoms with Crippen LogP contribution in [0.25, 0.3) is 0 Å². The first kappa shape index (κ1) is 21.2. The summed E-state index contributed by atoms with van der Waals surface area (Å²) in [5.74, 6) is 0.0163. The molecule has 164 valence electrons. The summed E-state index contributed by atoms with van der Waals surface area (Å²) in [4.78, 5) is 37.6. The second kappa shape index (κ2) is 9.43. The molecule has 2 aliphatic heterocycles. The van der Waals surface area contributed by atoms with Crippen LogP contribution in [0.15, 0.2) is 30.6 Å². The number of aryl methyl sites for hydroxylation is 1. The van der Waals surface area contributed by atoms with Gasteiger partial charge in [0.1, 0.15) is 5.69 Å². The maximum atomic E-state index is 12.4. The Morgan fingerprint density at radius 3 is 2.68 bits per heavy atom. The van der Waals surface area contributed by atoms with Gasteiger partial charge in [-0.1, -0.05) is 6.92 Å². The van der Waals surface area contributed by atoms with Crippen molar-refractivity contribution < 1.29 is 9.59 Å². The smallest absolute Gasteiger partial charge is 0.269 e. The molecule has 2 aromatic heterocycles. The van der Waals surface area contributed by atoms with Crippen molar-refractivity contribution >= 4 is 23.2 Å². The molecule has 1 saturated heterocycles. The summed E-state index contributed by atoms with van der Waals surface area (Å²) in [5, 5.41) is 5.67. The molecular weight excluding hydrogens is 392 g/mol. The van der Waals surface area contributed by atoms with Crippen molar-refractivity contribution in [2.24, 2.45) is 5.92 Å². The van der Waals surface area contributed by atoms with Crippen LogP contribution in [0.3, 0.4) is 0 Å². The third-order valence-corrected chi connectivity index (χ3v) is 6.23. The second-order valence-electron chi connectivity index (χ2n) is 8.21. The number of hydrogen-bond acceptors (Lipinski definition) is 6. The van der Waals surface area contributed by atoms with Crippen LogP contribution in [0.4, 0.5) is 11.4 Å². The fraction of sp³-hybridized carbons (Fsp3) is 0.478. The Kier molecular flexibility index (Phi) is 6.46. The van der Waals surface area contributed by atoms with Crippen LogP contribution in [0.2, 0.25) is 0 Å². The molecule has 1 fully saturated rings. The van der Waals surface area contributed by atoms with E-state index in [0.29, 0.717) is 5.69 Å². The van der Waals surface area contributed by atoms with Gasteiger partial charge in [-0.3, -0.25) is 19.5 Å². The molecule has 31 heavy (non-hydrogen) atoms. The molecule has 0 aromatic carbocycles. The molecule has 4 rings (SSSR count). The summed E-state index contributed by atoms with van der Waals surface area (Å²) in [6, 6.07) is 5.81. The zero-order chi connectivity index (χ0) is 21.8. The Labute approximate surface area is 183 Å². The quantitative estimate of drug-likeness (QED) is 0.767. The van der Waals surface area contributed by atoms with Gasteiger partial charge in [-0.25, -0.2) is 4.98 Å². The molecule has 0 aliphatic carbocycles. The second-order valence-corrected chi connectivity index (χ2v) is 8.21. The van der Waals surface area contributed by atoms with Gasteiger partial charge < -0.3 is 15.5 Å². The van der Waals surface area contributed by atoms with E-state index in [4.69, 9.17) is 0 Å². The molecule has 0 unspecified atom stereocenters. The monoisotopic (exact) mass is 422 g/mol. The minimum absolute atomic E-state index is 0.0747. The van der Waals surface area contributed by atoms with Gasteiger partial charge >= 0.3 is 0 Å². The summed E-state index contributed by atoms with van der Waals surface area (Å²) in [5.41, 5.74) is 4.45. The zero-order valence-electron chi connectivity index (χ0n) is 18.2. The molecule has 0 radical (unpaired) electrons. The normalized spacial score (nSPS) is 19.4. The molecule has 0 saturated carbocycles. The number of carbonyl (C=O) groups excluding carboxylic acids is 2. The third kappa shape index (κ3) is 4.85. The van der Waals surface area contributed by atoms with E-state index in [1.807, 2.05) is 12.3 Å². The van der Waals surface area contributed by atoms with Crippen LogP contribution in [0.5, 0.6) is 0 Å². The number of hydrogen-bond donors (Lipinski definition) is 2. The zero-order valence-corrected chi connectivity index (χ0v) is 18.2. The Bertz CT molecular complexity index is 938. The lowest BCUT2D eigenvalue weighted by Gasteiger charge is -2.36. The predicted molar refractivity (Wildman–Crippen MR) is 120 cm³/mol. The number of anilines is 2. The largest absolute Gasteiger partial charge is 0.368 e. The highest BCUT2D eigenvalue weighted by molar-refractivity contribution is 5.94. The molecule has 2 amide bonds. The number of pyridine rings is 2. The number of piperazine rings is 1. The number of fused-ring (bicyclic) bond motifs is 1. The Balaban J connectivity index is 1.34. The predicted octanol–water partition coefficient (Wildman–Crippen LogP) is 2.07. The average molecular weight is 423 g/mol. The van der Waals surface area contributed by atoms with Gasteiger partial charge in [-0.2, -0.15) is 0 Å². The Morgan fingerprint density at radius 2 is 2.00 bits per heavy atom. The van der Waals surface area contributed by atoms with E-state index in [-0.39, 0.29) is 17.7 Å². The fourth-order valence-electron chi connectivity index (χ4n) is 4.25. The SMILES string of the molecule is CC[C@@H]1CCc2ncc(CN3CCN(c4ccc(C(=O)NC)nc4)CC3)cc2NC1=O. The first-order valence-corrected chi connectivity index (χ1v) is 11.0. The van der Waals surface area contributed by atoms with Gasteiger partial charge in [0, 0.05) is 51.9 Å². The van der Waals surface area contributed by atoms with Gasteiger partial charge in [0.15, 0.2) is 0 Å².